The average Bonchev–Trinajstić information content (AvgIpc) is 3.17. The third-order valence-electron chi connectivity index (χ3n) is 3.56. The molecule has 0 spiro atoms. The second kappa shape index (κ2) is 7.88. The van der Waals surface area contributed by atoms with E-state index in [1.807, 2.05) is 0 Å². The molecule has 2 aromatic carbocycles. The summed E-state index contributed by atoms with van der Waals surface area (Å²) in [5, 5.41) is 5.50. The summed E-state index contributed by atoms with van der Waals surface area (Å²) in [6.45, 7) is 0. The van der Waals surface area contributed by atoms with E-state index in [2.05, 4.69) is 26.6 Å². The third kappa shape index (κ3) is 4.12. The Morgan fingerprint density at radius 3 is 2.42 bits per heavy atom. The molecule has 1 aromatic heterocycles. The predicted molar refractivity (Wildman–Crippen MR) is 102 cm³/mol. The van der Waals surface area contributed by atoms with Gasteiger partial charge in [0.05, 0.1) is 19.1 Å². The molecule has 0 saturated carbocycles. The van der Waals surface area contributed by atoms with E-state index >= 15 is 0 Å². The van der Waals surface area contributed by atoms with Crippen LogP contribution in [0, 0.1) is 0 Å². The first-order valence-electron chi connectivity index (χ1n) is 7.66. The predicted octanol–water partition coefficient (Wildman–Crippen LogP) is 4.56. The fourth-order valence-corrected chi connectivity index (χ4v) is 2.54. The molecule has 0 aliphatic rings. The summed E-state index contributed by atoms with van der Waals surface area (Å²) in [4.78, 5) is 24.5. The number of rotatable bonds is 5. The van der Waals surface area contributed by atoms with Crippen LogP contribution in [0.1, 0.15) is 20.9 Å². The molecule has 3 rings (SSSR count). The summed E-state index contributed by atoms with van der Waals surface area (Å²) < 4.78 is 11.2. The quantitative estimate of drug-likeness (QED) is 0.641. The van der Waals surface area contributed by atoms with E-state index in [0.29, 0.717) is 22.7 Å². The number of furan rings is 1. The van der Waals surface area contributed by atoms with Crippen LogP contribution in [-0.4, -0.2) is 18.9 Å². The van der Waals surface area contributed by atoms with Gasteiger partial charge < -0.3 is 19.8 Å². The number of halogens is 1. The molecule has 2 amide bonds. The van der Waals surface area contributed by atoms with Crippen molar-refractivity contribution < 1.29 is 18.7 Å². The van der Waals surface area contributed by atoms with Crippen LogP contribution in [0.25, 0.3) is 0 Å². The number of anilines is 2. The topological polar surface area (TPSA) is 80.6 Å². The number of hydrogen-bond acceptors (Lipinski definition) is 4. The van der Waals surface area contributed by atoms with Crippen molar-refractivity contribution in [1.82, 2.24) is 0 Å². The van der Waals surface area contributed by atoms with Crippen molar-refractivity contribution in [2.24, 2.45) is 0 Å². The lowest BCUT2D eigenvalue weighted by Gasteiger charge is -2.12. The summed E-state index contributed by atoms with van der Waals surface area (Å²) >= 11 is 3.33. The Bertz CT molecular complexity index is 921. The van der Waals surface area contributed by atoms with Crippen LogP contribution >= 0.6 is 15.9 Å². The molecule has 0 unspecified atom stereocenters. The van der Waals surface area contributed by atoms with Gasteiger partial charge in [-0.1, -0.05) is 15.9 Å². The van der Waals surface area contributed by atoms with Gasteiger partial charge in [-0.05, 0) is 54.6 Å². The molecule has 0 atom stereocenters. The maximum atomic E-state index is 12.3. The van der Waals surface area contributed by atoms with Crippen molar-refractivity contribution in [3.8, 4) is 5.75 Å². The first-order chi connectivity index (χ1) is 12.6. The maximum absolute atomic E-state index is 12.3. The van der Waals surface area contributed by atoms with Gasteiger partial charge in [0.25, 0.3) is 11.8 Å². The molecule has 26 heavy (non-hydrogen) atoms. The number of ether oxygens (including phenoxy) is 1. The molecule has 0 radical (unpaired) electrons. The highest BCUT2D eigenvalue weighted by Gasteiger charge is 2.14. The number of carbonyl (C=O) groups is 2. The standard InChI is InChI=1S/C19H15BrN2O4/c1-25-16-9-8-14(21-18(23)12-4-6-13(20)7-5-12)11-15(16)22-19(24)17-3-2-10-26-17/h2-11H,1H3,(H,21,23)(H,22,24). The number of nitrogens with one attached hydrogen (secondary N) is 2. The molecule has 0 aliphatic heterocycles. The van der Waals surface area contributed by atoms with Crippen LogP contribution < -0.4 is 15.4 Å². The molecule has 0 fully saturated rings. The second-order valence-corrected chi connectivity index (χ2v) is 6.22. The number of methoxy groups -OCH3 is 1. The van der Waals surface area contributed by atoms with Gasteiger partial charge in [-0.3, -0.25) is 9.59 Å². The Kier molecular flexibility index (Phi) is 5.38. The lowest BCUT2D eigenvalue weighted by Crippen LogP contribution is -2.14. The molecule has 0 bridgehead atoms. The van der Waals surface area contributed by atoms with E-state index in [1.54, 1.807) is 54.6 Å². The fourth-order valence-electron chi connectivity index (χ4n) is 2.28. The van der Waals surface area contributed by atoms with Gasteiger partial charge in [0.2, 0.25) is 0 Å². The van der Waals surface area contributed by atoms with Crippen molar-refractivity contribution in [3.05, 3.63) is 76.7 Å². The highest BCUT2D eigenvalue weighted by molar-refractivity contribution is 9.10. The van der Waals surface area contributed by atoms with Gasteiger partial charge in [-0.2, -0.15) is 0 Å². The van der Waals surface area contributed by atoms with Crippen LogP contribution in [0.4, 0.5) is 11.4 Å². The SMILES string of the molecule is COc1ccc(NC(=O)c2ccc(Br)cc2)cc1NC(=O)c1ccco1. The Morgan fingerprint density at radius 2 is 1.77 bits per heavy atom. The van der Waals surface area contributed by atoms with E-state index in [1.165, 1.54) is 13.4 Å². The zero-order valence-electron chi connectivity index (χ0n) is 13.8. The normalized spacial score (nSPS) is 10.2. The van der Waals surface area contributed by atoms with Crippen LogP contribution in [0.3, 0.4) is 0 Å². The van der Waals surface area contributed by atoms with E-state index in [0.717, 1.165) is 4.47 Å². The largest absolute Gasteiger partial charge is 0.495 e. The first kappa shape index (κ1) is 17.8. The number of amides is 2. The second-order valence-electron chi connectivity index (χ2n) is 5.31. The molecule has 3 aromatic rings. The molecule has 0 saturated heterocycles. The van der Waals surface area contributed by atoms with Crippen LogP contribution in [0.5, 0.6) is 5.75 Å². The minimum Gasteiger partial charge on any atom is -0.495 e. The smallest absolute Gasteiger partial charge is 0.291 e. The highest BCUT2D eigenvalue weighted by atomic mass is 79.9. The number of benzene rings is 2. The average molecular weight is 415 g/mol. The minimum atomic E-state index is -0.412. The summed E-state index contributed by atoms with van der Waals surface area (Å²) in [6, 6.07) is 15.2. The Labute approximate surface area is 158 Å². The van der Waals surface area contributed by atoms with E-state index in [9.17, 15) is 9.59 Å². The summed E-state index contributed by atoms with van der Waals surface area (Å²) in [6.07, 6.45) is 1.42. The van der Waals surface area contributed by atoms with Gasteiger partial charge in [0.15, 0.2) is 5.76 Å². The summed E-state index contributed by atoms with van der Waals surface area (Å²) in [5.74, 6) is -0.0291. The van der Waals surface area contributed by atoms with Crippen molar-refractivity contribution >= 4 is 39.1 Å². The summed E-state index contributed by atoms with van der Waals surface area (Å²) in [5.41, 5.74) is 1.46. The van der Waals surface area contributed by atoms with E-state index in [-0.39, 0.29) is 11.7 Å². The monoisotopic (exact) mass is 414 g/mol. The van der Waals surface area contributed by atoms with Crippen LogP contribution in [0.15, 0.2) is 69.8 Å². The highest BCUT2D eigenvalue weighted by Crippen LogP contribution is 2.28. The van der Waals surface area contributed by atoms with Gasteiger partial charge in [-0.25, -0.2) is 0 Å². The van der Waals surface area contributed by atoms with Gasteiger partial charge in [0, 0.05) is 15.7 Å². The van der Waals surface area contributed by atoms with Gasteiger partial charge in [0.1, 0.15) is 5.75 Å². The fraction of sp³-hybridized carbons (Fsp3) is 0.0526. The molecule has 7 heteroatoms. The molecule has 2 N–H and O–H groups in total. The van der Waals surface area contributed by atoms with Crippen LogP contribution in [0.2, 0.25) is 0 Å². The Hall–Kier alpha value is -3.06. The molecule has 1 heterocycles. The van der Waals surface area contributed by atoms with Gasteiger partial charge in [-0.15, -0.1) is 0 Å². The van der Waals surface area contributed by atoms with Crippen molar-refractivity contribution in [2.45, 2.75) is 0 Å². The van der Waals surface area contributed by atoms with Crippen molar-refractivity contribution in [3.63, 3.8) is 0 Å². The third-order valence-corrected chi connectivity index (χ3v) is 4.09. The van der Waals surface area contributed by atoms with Crippen molar-refractivity contribution in [2.75, 3.05) is 17.7 Å². The molecular weight excluding hydrogens is 400 g/mol. The lowest BCUT2D eigenvalue weighted by atomic mass is 10.2. The molecule has 132 valence electrons. The van der Waals surface area contributed by atoms with E-state index < -0.39 is 5.91 Å². The molecule has 6 nitrogen and oxygen atoms in total. The number of carbonyl (C=O) groups excluding carboxylic acids is 2. The molecular formula is C19H15BrN2O4. The Balaban J connectivity index is 1.79. The minimum absolute atomic E-state index is 0.177. The van der Waals surface area contributed by atoms with Gasteiger partial charge >= 0.3 is 0 Å². The zero-order chi connectivity index (χ0) is 18.5. The maximum Gasteiger partial charge on any atom is 0.291 e. The molecule has 0 aliphatic carbocycles. The zero-order valence-corrected chi connectivity index (χ0v) is 15.4. The lowest BCUT2D eigenvalue weighted by molar-refractivity contribution is 0.0994. The van der Waals surface area contributed by atoms with E-state index in [4.69, 9.17) is 9.15 Å². The first-order valence-corrected chi connectivity index (χ1v) is 8.46. The van der Waals surface area contributed by atoms with Crippen LogP contribution in [-0.2, 0) is 0 Å². The Morgan fingerprint density at radius 1 is 1.00 bits per heavy atom. The van der Waals surface area contributed by atoms with Crippen molar-refractivity contribution in [1.29, 1.82) is 0 Å². The summed E-state index contributed by atoms with van der Waals surface area (Å²) in [7, 11) is 1.50. The number of hydrogen-bond donors (Lipinski definition) is 2.